The lowest BCUT2D eigenvalue weighted by Gasteiger charge is -2.58. The van der Waals surface area contributed by atoms with Gasteiger partial charge in [-0.2, -0.15) is 0 Å². The van der Waals surface area contributed by atoms with Gasteiger partial charge in [-0.25, -0.2) is 0 Å². The largest absolute Gasteiger partial charge is 0.393 e. The molecule has 31 heavy (non-hydrogen) atoms. The van der Waals surface area contributed by atoms with Crippen molar-refractivity contribution in [2.24, 2.45) is 58.2 Å². The highest BCUT2D eigenvalue weighted by atomic mass is 16.3. The van der Waals surface area contributed by atoms with Crippen LogP contribution in [-0.2, 0) is 0 Å². The first-order valence-electron chi connectivity index (χ1n) is 14.0. The van der Waals surface area contributed by atoms with Crippen molar-refractivity contribution in [3.63, 3.8) is 0 Å². The Morgan fingerprint density at radius 3 is 2.35 bits per heavy atom. The maximum absolute atomic E-state index is 10.3. The highest BCUT2D eigenvalue weighted by molar-refractivity contribution is 5.25. The lowest BCUT2D eigenvalue weighted by molar-refractivity contribution is -0.0628. The molecule has 0 spiro atoms. The van der Waals surface area contributed by atoms with Crippen LogP contribution in [0.4, 0.5) is 0 Å². The number of allylic oxidation sites excluding steroid dienone is 1. The second kappa shape index (κ2) is 8.81. The predicted molar refractivity (Wildman–Crippen MR) is 133 cm³/mol. The molecule has 0 aromatic rings. The smallest absolute Gasteiger partial charge is 0.0577 e. The summed E-state index contributed by atoms with van der Waals surface area (Å²) in [6, 6.07) is 0. The van der Waals surface area contributed by atoms with Crippen LogP contribution in [0.1, 0.15) is 113 Å². The summed E-state index contributed by atoms with van der Waals surface area (Å²) in [6.45, 7) is 17.7. The van der Waals surface area contributed by atoms with Crippen LogP contribution in [0.25, 0.3) is 0 Å². The average Bonchev–Trinajstić information content (AvgIpc) is 3.05. The number of aliphatic hydroxyl groups is 1. The van der Waals surface area contributed by atoms with Gasteiger partial charge in [0.1, 0.15) is 0 Å². The first-order valence-corrected chi connectivity index (χ1v) is 14.0. The molecule has 3 fully saturated rings. The average molecular weight is 429 g/mol. The van der Waals surface area contributed by atoms with Gasteiger partial charge in [0.05, 0.1) is 6.10 Å². The van der Waals surface area contributed by atoms with Crippen molar-refractivity contribution in [3.8, 4) is 0 Å². The summed E-state index contributed by atoms with van der Waals surface area (Å²) < 4.78 is 0. The van der Waals surface area contributed by atoms with Gasteiger partial charge in [0, 0.05) is 0 Å². The minimum Gasteiger partial charge on any atom is -0.393 e. The Labute approximate surface area is 193 Å². The van der Waals surface area contributed by atoms with Crippen LogP contribution >= 0.6 is 0 Å². The van der Waals surface area contributed by atoms with Crippen molar-refractivity contribution >= 4 is 0 Å². The van der Waals surface area contributed by atoms with Crippen LogP contribution in [0, 0.1) is 58.2 Å². The van der Waals surface area contributed by atoms with Crippen molar-refractivity contribution < 1.29 is 5.11 Å². The van der Waals surface area contributed by atoms with Gasteiger partial charge in [-0.3, -0.25) is 0 Å². The predicted octanol–water partition coefficient (Wildman–Crippen LogP) is 8.27. The Morgan fingerprint density at radius 1 is 0.935 bits per heavy atom. The molecule has 1 unspecified atom stereocenters. The number of fused-ring (bicyclic) bond motifs is 5. The standard InChI is InChI=1S/C30H52O/c1-19(2)8-10-24(20(3)4)21(5)26-12-13-27-25-11-9-22-18-23(31)14-16-29(22,6)28(25)15-17-30(26,27)7/h9,19-21,23-28,31H,8,10-18H2,1-7H3/t21-,23+,24?,25+,26-,27+,28+,29+,30-/m1/s1. The maximum Gasteiger partial charge on any atom is 0.0577 e. The second-order valence-electron chi connectivity index (χ2n) is 13.6. The van der Waals surface area contributed by atoms with Gasteiger partial charge in [0.25, 0.3) is 0 Å². The molecule has 0 radical (unpaired) electrons. The van der Waals surface area contributed by atoms with Crippen molar-refractivity contribution in [1.29, 1.82) is 0 Å². The molecule has 4 rings (SSSR count). The van der Waals surface area contributed by atoms with Crippen molar-refractivity contribution in [3.05, 3.63) is 11.6 Å². The molecule has 1 nitrogen and oxygen atoms in total. The van der Waals surface area contributed by atoms with Crippen molar-refractivity contribution in [1.82, 2.24) is 0 Å². The van der Waals surface area contributed by atoms with E-state index in [1.54, 1.807) is 5.57 Å². The molecule has 0 bridgehead atoms. The molecule has 0 aromatic heterocycles. The Bertz CT molecular complexity index is 661. The van der Waals surface area contributed by atoms with E-state index in [-0.39, 0.29) is 6.10 Å². The first kappa shape index (κ1) is 23.8. The van der Waals surface area contributed by atoms with Gasteiger partial charge in [-0.05, 0) is 116 Å². The summed E-state index contributed by atoms with van der Waals surface area (Å²) in [4.78, 5) is 0. The van der Waals surface area contributed by atoms with Crippen LogP contribution in [0.3, 0.4) is 0 Å². The molecule has 0 aromatic carbocycles. The number of aliphatic hydroxyl groups excluding tert-OH is 1. The molecule has 0 heterocycles. The molecule has 0 aliphatic heterocycles. The van der Waals surface area contributed by atoms with Crippen LogP contribution in [0.2, 0.25) is 0 Å². The second-order valence-corrected chi connectivity index (χ2v) is 13.6. The van der Waals surface area contributed by atoms with Crippen LogP contribution < -0.4 is 0 Å². The van der Waals surface area contributed by atoms with E-state index in [1.165, 1.54) is 51.4 Å². The van der Waals surface area contributed by atoms with E-state index >= 15 is 0 Å². The molecule has 4 aliphatic rings. The Kier molecular flexibility index (Phi) is 6.78. The van der Waals surface area contributed by atoms with Gasteiger partial charge < -0.3 is 5.11 Å². The van der Waals surface area contributed by atoms with Gasteiger partial charge >= 0.3 is 0 Å². The minimum absolute atomic E-state index is 0.0831. The van der Waals surface area contributed by atoms with Crippen molar-refractivity contribution in [2.45, 2.75) is 119 Å². The molecule has 178 valence electrons. The Hall–Kier alpha value is -0.300. The molecule has 0 saturated heterocycles. The number of rotatable bonds is 6. The van der Waals surface area contributed by atoms with Crippen LogP contribution in [0.15, 0.2) is 11.6 Å². The molecule has 1 heteroatoms. The van der Waals surface area contributed by atoms with E-state index in [0.717, 1.165) is 60.2 Å². The maximum atomic E-state index is 10.3. The Balaban J connectivity index is 1.54. The monoisotopic (exact) mass is 428 g/mol. The number of hydrogen-bond acceptors (Lipinski definition) is 1. The van der Waals surface area contributed by atoms with Gasteiger partial charge in [0.2, 0.25) is 0 Å². The lowest BCUT2D eigenvalue weighted by atomic mass is 9.46. The van der Waals surface area contributed by atoms with E-state index in [2.05, 4.69) is 54.5 Å². The van der Waals surface area contributed by atoms with Crippen LogP contribution in [-0.4, -0.2) is 11.2 Å². The molecule has 4 aliphatic carbocycles. The summed E-state index contributed by atoms with van der Waals surface area (Å²) in [7, 11) is 0. The third kappa shape index (κ3) is 4.08. The van der Waals surface area contributed by atoms with E-state index in [1.807, 2.05) is 0 Å². The Morgan fingerprint density at radius 2 is 1.68 bits per heavy atom. The molecule has 0 amide bonds. The minimum atomic E-state index is -0.0831. The van der Waals surface area contributed by atoms with Crippen LogP contribution in [0.5, 0.6) is 0 Å². The fraction of sp³-hybridized carbons (Fsp3) is 0.933. The summed E-state index contributed by atoms with van der Waals surface area (Å²) in [5, 5.41) is 10.3. The highest BCUT2D eigenvalue weighted by Crippen LogP contribution is 2.67. The van der Waals surface area contributed by atoms with E-state index in [9.17, 15) is 5.11 Å². The zero-order valence-corrected chi connectivity index (χ0v) is 21.8. The SMILES string of the molecule is CC(C)CCC(C(C)C)[C@@H](C)[C@H]1CC[C@H]2[C@@H]3CC=C4C[C@@H](O)CC[C@]4(C)[C@H]3CC[C@]12C. The fourth-order valence-electron chi connectivity index (χ4n) is 9.57. The fourth-order valence-corrected chi connectivity index (χ4v) is 9.57. The molecular formula is C30H52O. The molecule has 9 atom stereocenters. The summed E-state index contributed by atoms with van der Waals surface area (Å²) in [5.74, 6) is 7.00. The topological polar surface area (TPSA) is 20.2 Å². The lowest BCUT2D eigenvalue weighted by Crippen LogP contribution is -2.51. The molecule has 3 saturated carbocycles. The van der Waals surface area contributed by atoms with Gasteiger partial charge in [0.15, 0.2) is 0 Å². The van der Waals surface area contributed by atoms with E-state index in [4.69, 9.17) is 0 Å². The zero-order valence-electron chi connectivity index (χ0n) is 21.8. The summed E-state index contributed by atoms with van der Waals surface area (Å²) in [6.07, 6.45) is 15.7. The van der Waals surface area contributed by atoms with Gasteiger partial charge in [-0.15, -0.1) is 0 Å². The van der Waals surface area contributed by atoms with Gasteiger partial charge in [-0.1, -0.05) is 66.5 Å². The van der Waals surface area contributed by atoms with Crippen molar-refractivity contribution in [2.75, 3.05) is 0 Å². The quantitative estimate of drug-likeness (QED) is 0.422. The molecule has 1 N–H and O–H groups in total. The van der Waals surface area contributed by atoms with E-state index in [0.29, 0.717) is 10.8 Å². The third-order valence-electron chi connectivity index (χ3n) is 11.4. The highest BCUT2D eigenvalue weighted by Gasteiger charge is 2.59. The van der Waals surface area contributed by atoms with E-state index < -0.39 is 0 Å². The summed E-state index contributed by atoms with van der Waals surface area (Å²) >= 11 is 0. The number of hydrogen-bond donors (Lipinski definition) is 1. The third-order valence-corrected chi connectivity index (χ3v) is 11.4. The zero-order chi connectivity index (χ0) is 22.6. The summed E-state index contributed by atoms with van der Waals surface area (Å²) in [5.41, 5.74) is 2.55. The molecular weight excluding hydrogens is 376 g/mol. The first-order chi connectivity index (χ1) is 14.6. The normalized spacial score (nSPS) is 44.5.